The zero-order chi connectivity index (χ0) is 14.5. The van der Waals surface area contributed by atoms with Crippen LogP contribution < -0.4 is 10.5 Å². The van der Waals surface area contributed by atoms with Gasteiger partial charge in [0.1, 0.15) is 5.75 Å². The molecule has 0 aliphatic carbocycles. The van der Waals surface area contributed by atoms with Gasteiger partial charge in [-0.05, 0) is 49.9 Å². The van der Waals surface area contributed by atoms with Crippen molar-refractivity contribution in [3.05, 3.63) is 28.8 Å². The number of hydrogen-bond acceptors (Lipinski definition) is 3. The highest BCUT2D eigenvalue weighted by Crippen LogP contribution is 2.27. The maximum Gasteiger partial charge on any atom is 0.257 e. The van der Waals surface area contributed by atoms with E-state index < -0.39 is 0 Å². The molecule has 1 aliphatic rings. The first-order chi connectivity index (χ1) is 9.65. The van der Waals surface area contributed by atoms with Crippen molar-refractivity contribution in [3.63, 3.8) is 0 Å². The Balaban J connectivity index is 2.14. The molecule has 20 heavy (non-hydrogen) atoms. The molecule has 1 amide bonds. The molecule has 1 saturated heterocycles. The highest BCUT2D eigenvalue weighted by Gasteiger charge is 2.25. The number of methoxy groups -OCH3 is 1. The summed E-state index contributed by atoms with van der Waals surface area (Å²) in [5.74, 6) is 1.06. The van der Waals surface area contributed by atoms with Gasteiger partial charge in [-0.2, -0.15) is 0 Å². The molecule has 0 spiro atoms. The van der Waals surface area contributed by atoms with Crippen molar-refractivity contribution in [2.24, 2.45) is 11.7 Å². The zero-order valence-corrected chi connectivity index (χ0v) is 12.5. The summed E-state index contributed by atoms with van der Waals surface area (Å²) in [6.45, 7) is 2.25. The molecule has 0 bridgehead atoms. The van der Waals surface area contributed by atoms with Crippen molar-refractivity contribution in [2.45, 2.75) is 19.3 Å². The van der Waals surface area contributed by atoms with Gasteiger partial charge in [-0.15, -0.1) is 0 Å². The number of nitrogens with two attached hydrogens (primary N) is 1. The Morgan fingerprint density at radius 1 is 1.55 bits per heavy atom. The van der Waals surface area contributed by atoms with Gasteiger partial charge in [0.2, 0.25) is 0 Å². The van der Waals surface area contributed by atoms with Crippen LogP contribution in [0, 0.1) is 5.92 Å². The van der Waals surface area contributed by atoms with Crippen LogP contribution in [-0.4, -0.2) is 37.6 Å². The summed E-state index contributed by atoms with van der Waals surface area (Å²) < 4.78 is 5.26. The lowest BCUT2D eigenvalue weighted by Gasteiger charge is -2.33. The Bertz CT molecular complexity index is 477. The lowest BCUT2D eigenvalue weighted by atomic mass is 9.94. The molecular weight excluding hydrogens is 276 g/mol. The summed E-state index contributed by atoms with van der Waals surface area (Å²) >= 11 is 5.93. The summed E-state index contributed by atoms with van der Waals surface area (Å²) in [5, 5.41) is 0.568. The van der Waals surface area contributed by atoms with Crippen molar-refractivity contribution < 1.29 is 9.53 Å². The molecule has 0 aromatic heterocycles. The zero-order valence-electron chi connectivity index (χ0n) is 11.8. The molecule has 110 valence electrons. The quantitative estimate of drug-likeness (QED) is 0.929. The number of likely N-dealkylation sites (tertiary alicyclic amines) is 1. The van der Waals surface area contributed by atoms with Gasteiger partial charge >= 0.3 is 0 Å². The molecule has 1 aliphatic heterocycles. The number of halogens is 1. The van der Waals surface area contributed by atoms with Crippen molar-refractivity contribution in [2.75, 3.05) is 26.7 Å². The Morgan fingerprint density at radius 2 is 2.35 bits per heavy atom. The molecule has 1 atom stereocenters. The number of amides is 1. The molecular formula is C15H21ClN2O2. The Kier molecular flexibility index (Phi) is 5.26. The number of rotatable bonds is 4. The summed E-state index contributed by atoms with van der Waals surface area (Å²) in [6.07, 6.45) is 3.16. The number of benzene rings is 1. The second-order valence-electron chi connectivity index (χ2n) is 5.18. The number of piperidine rings is 1. The van der Waals surface area contributed by atoms with Crippen molar-refractivity contribution in [1.29, 1.82) is 0 Å². The van der Waals surface area contributed by atoms with E-state index in [0.717, 1.165) is 32.4 Å². The van der Waals surface area contributed by atoms with E-state index in [1.54, 1.807) is 25.3 Å². The second-order valence-corrected chi connectivity index (χ2v) is 5.62. The number of ether oxygens (including phenoxy) is 1. The molecule has 2 N–H and O–H groups in total. The summed E-state index contributed by atoms with van der Waals surface area (Å²) in [5.41, 5.74) is 6.19. The van der Waals surface area contributed by atoms with Gasteiger partial charge in [0.05, 0.1) is 12.7 Å². The maximum absolute atomic E-state index is 12.6. The number of hydrogen-bond donors (Lipinski definition) is 1. The molecule has 2 rings (SSSR count). The normalized spacial score (nSPS) is 18.9. The van der Waals surface area contributed by atoms with Gasteiger partial charge in [0.15, 0.2) is 0 Å². The minimum Gasteiger partial charge on any atom is -0.496 e. The average Bonchev–Trinajstić information content (AvgIpc) is 2.47. The topological polar surface area (TPSA) is 55.6 Å². The van der Waals surface area contributed by atoms with Crippen LogP contribution in [0.25, 0.3) is 0 Å². The van der Waals surface area contributed by atoms with Gasteiger partial charge in [-0.1, -0.05) is 11.6 Å². The SMILES string of the molecule is COc1cc(Cl)ccc1C(=O)N1CCCC(CCN)C1. The molecule has 1 heterocycles. The lowest BCUT2D eigenvalue weighted by Crippen LogP contribution is -2.40. The highest BCUT2D eigenvalue weighted by molar-refractivity contribution is 6.30. The second kappa shape index (κ2) is 6.95. The third kappa shape index (κ3) is 3.44. The third-order valence-corrected chi connectivity index (χ3v) is 4.01. The van der Waals surface area contributed by atoms with E-state index in [1.165, 1.54) is 0 Å². The van der Waals surface area contributed by atoms with Crippen LogP contribution in [-0.2, 0) is 0 Å². The highest BCUT2D eigenvalue weighted by atomic mass is 35.5. The summed E-state index contributed by atoms with van der Waals surface area (Å²) in [4.78, 5) is 14.5. The monoisotopic (exact) mass is 296 g/mol. The van der Waals surface area contributed by atoms with Crippen LogP contribution in [0.2, 0.25) is 5.02 Å². The first-order valence-corrected chi connectivity index (χ1v) is 7.36. The van der Waals surface area contributed by atoms with Crippen LogP contribution >= 0.6 is 11.6 Å². The molecule has 1 unspecified atom stereocenters. The van der Waals surface area contributed by atoms with E-state index in [4.69, 9.17) is 22.1 Å². The van der Waals surface area contributed by atoms with Crippen LogP contribution in [0.5, 0.6) is 5.75 Å². The van der Waals surface area contributed by atoms with Crippen molar-refractivity contribution in [1.82, 2.24) is 4.90 Å². The number of carbonyl (C=O) groups excluding carboxylic acids is 1. The van der Waals surface area contributed by atoms with E-state index >= 15 is 0 Å². The van der Waals surface area contributed by atoms with Gasteiger partial charge in [0, 0.05) is 18.1 Å². The number of carbonyl (C=O) groups is 1. The van der Waals surface area contributed by atoms with Crippen molar-refractivity contribution in [3.8, 4) is 5.75 Å². The molecule has 0 radical (unpaired) electrons. The van der Waals surface area contributed by atoms with Crippen molar-refractivity contribution >= 4 is 17.5 Å². The Hall–Kier alpha value is -1.26. The fourth-order valence-electron chi connectivity index (χ4n) is 2.73. The van der Waals surface area contributed by atoms with Gasteiger partial charge < -0.3 is 15.4 Å². The predicted octanol–water partition coefficient (Wildman–Crippen LogP) is 2.55. The van der Waals surface area contributed by atoms with E-state index in [2.05, 4.69) is 0 Å². The van der Waals surface area contributed by atoms with E-state index in [0.29, 0.717) is 28.8 Å². The van der Waals surface area contributed by atoms with Gasteiger partial charge in [0.25, 0.3) is 5.91 Å². The fraction of sp³-hybridized carbons (Fsp3) is 0.533. The van der Waals surface area contributed by atoms with Crippen LogP contribution in [0.15, 0.2) is 18.2 Å². The molecule has 1 fully saturated rings. The standard InChI is InChI=1S/C15H21ClN2O2/c1-20-14-9-12(16)4-5-13(14)15(19)18-8-2-3-11(10-18)6-7-17/h4-5,9,11H,2-3,6-8,10,17H2,1H3. The van der Waals surface area contributed by atoms with Crippen LogP contribution in [0.3, 0.4) is 0 Å². The minimum absolute atomic E-state index is 0.0141. The maximum atomic E-state index is 12.6. The first kappa shape index (κ1) is 15.1. The summed E-state index contributed by atoms with van der Waals surface area (Å²) in [6, 6.07) is 5.13. The summed E-state index contributed by atoms with van der Waals surface area (Å²) in [7, 11) is 1.55. The van der Waals surface area contributed by atoms with Gasteiger partial charge in [-0.25, -0.2) is 0 Å². The molecule has 1 aromatic carbocycles. The molecule has 5 heteroatoms. The lowest BCUT2D eigenvalue weighted by molar-refractivity contribution is 0.0666. The predicted molar refractivity (Wildman–Crippen MR) is 80.3 cm³/mol. The van der Waals surface area contributed by atoms with Crippen LogP contribution in [0.4, 0.5) is 0 Å². The largest absolute Gasteiger partial charge is 0.496 e. The minimum atomic E-state index is 0.0141. The van der Waals surface area contributed by atoms with E-state index in [1.807, 2.05) is 4.90 Å². The van der Waals surface area contributed by atoms with Gasteiger partial charge in [-0.3, -0.25) is 4.79 Å². The van der Waals surface area contributed by atoms with Crippen LogP contribution in [0.1, 0.15) is 29.6 Å². The first-order valence-electron chi connectivity index (χ1n) is 6.98. The Morgan fingerprint density at radius 3 is 3.05 bits per heavy atom. The molecule has 4 nitrogen and oxygen atoms in total. The fourth-order valence-corrected chi connectivity index (χ4v) is 2.90. The Labute approximate surface area is 124 Å². The van der Waals surface area contributed by atoms with E-state index in [9.17, 15) is 4.79 Å². The molecule has 0 saturated carbocycles. The smallest absolute Gasteiger partial charge is 0.257 e. The van der Waals surface area contributed by atoms with E-state index in [-0.39, 0.29) is 5.91 Å². The third-order valence-electron chi connectivity index (χ3n) is 3.78. The number of nitrogens with zero attached hydrogens (tertiary/aromatic N) is 1. The average molecular weight is 297 g/mol. The molecule has 1 aromatic rings.